The van der Waals surface area contributed by atoms with Gasteiger partial charge in [0.1, 0.15) is 5.84 Å². The summed E-state index contributed by atoms with van der Waals surface area (Å²) in [5.74, 6) is 0.602. The highest BCUT2D eigenvalue weighted by atomic mass is 35.5. The van der Waals surface area contributed by atoms with Crippen molar-refractivity contribution in [2.45, 2.75) is 10.8 Å². The molecule has 3 N–H and O–H groups in total. The predicted octanol–water partition coefficient (Wildman–Crippen LogP) is 4.16. The summed E-state index contributed by atoms with van der Waals surface area (Å²) < 4.78 is 0. The van der Waals surface area contributed by atoms with Crippen LogP contribution in [0.2, 0.25) is 0 Å². The SMILES string of the molecule is CSc1ccc(-c2ccsc2C(=N)N)cc1CCl. The fraction of sp³-hybridized carbons (Fsp3) is 0.154. The number of amidine groups is 1. The second-order valence-electron chi connectivity index (χ2n) is 3.74. The van der Waals surface area contributed by atoms with Crippen LogP contribution in [0.25, 0.3) is 11.1 Å². The lowest BCUT2D eigenvalue weighted by Crippen LogP contribution is -2.09. The third-order valence-corrected chi connectivity index (χ3v) is 4.72. The molecule has 1 aromatic carbocycles. The van der Waals surface area contributed by atoms with Gasteiger partial charge < -0.3 is 5.73 Å². The van der Waals surface area contributed by atoms with Crippen LogP contribution in [0.4, 0.5) is 0 Å². The van der Waals surface area contributed by atoms with Gasteiger partial charge in [-0.3, -0.25) is 5.41 Å². The number of nitrogens with one attached hydrogen (secondary N) is 1. The van der Waals surface area contributed by atoms with E-state index in [4.69, 9.17) is 22.7 Å². The molecule has 94 valence electrons. The minimum Gasteiger partial charge on any atom is -0.383 e. The van der Waals surface area contributed by atoms with E-state index in [0.29, 0.717) is 5.88 Å². The van der Waals surface area contributed by atoms with Gasteiger partial charge in [-0.05, 0) is 41.0 Å². The maximum absolute atomic E-state index is 7.58. The number of halogens is 1. The predicted molar refractivity (Wildman–Crippen MR) is 82.1 cm³/mol. The molecule has 0 atom stereocenters. The third-order valence-electron chi connectivity index (χ3n) is 2.65. The Hall–Kier alpha value is -0.970. The zero-order valence-electron chi connectivity index (χ0n) is 9.87. The highest BCUT2D eigenvalue weighted by Crippen LogP contribution is 2.32. The number of hydrogen-bond acceptors (Lipinski definition) is 3. The molecule has 2 nitrogen and oxygen atoms in total. The van der Waals surface area contributed by atoms with Gasteiger partial charge in [0, 0.05) is 16.3 Å². The molecule has 1 heterocycles. The fourth-order valence-corrected chi connectivity index (χ4v) is 3.47. The Labute approximate surface area is 120 Å². The van der Waals surface area contributed by atoms with Gasteiger partial charge >= 0.3 is 0 Å². The van der Waals surface area contributed by atoms with Crippen molar-refractivity contribution >= 4 is 40.5 Å². The van der Waals surface area contributed by atoms with Crippen molar-refractivity contribution in [3.05, 3.63) is 40.1 Å². The van der Waals surface area contributed by atoms with Crippen LogP contribution in [-0.2, 0) is 5.88 Å². The van der Waals surface area contributed by atoms with Gasteiger partial charge in [0.2, 0.25) is 0 Å². The van der Waals surface area contributed by atoms with Crippen molar-refractivity contribution in [3.8, 4) is 11.1 Å². The Morgan fingerprint density at radius 2 is 2.22 bits per heavy atom. The highest BCUT2D eigenvalue weighted by Gasteiger charge is 2.11. The van der Waals surface area contributed by atoms with E-state index < -0.39 is 0 Å². The molecule has 1 aromatic heterocycles. The minimum absolute atomic E-state index is 0.112. The molecule has 0 fully saturated rings. The molecule has 0 spiro atoms. The maximum Gasteiger partial charge on any atom is 0.133 e. The first-order valence-corrected chi connectivity index (χ1v) is 7.96. The van der Waals surface area contributed by atoms with Crippen LogP contribution < -0.4 is 5.73 Å². The minimum atomic E-state index is 0.112. The average molecular weight is 297 g/mol. The number of rotatable bonds is 4. The monoisotopic (exact) mass is 296 g/mol. The molecule has 0 radical (unpaired) electrons. The molecule has 2 aromatic rings. The summed E-state index contributed by atoms with van der Waals surface area (Å²) in [7, 11) is 0. The van der Waals surface area contributed by atoms with Gasteiger partial charge in [-0.15, -0.1) is 34.7 Å². The topological polar surface area (TPSA) is 49.9 Å². The number of hydrogen-bond donors (Lipinski definition) is 2. The average Bonchev–Trinajstić information content (AvgIpc) is 2.87. The van der Waals surface area contributed by atoms with E-state index in [1.54, 1.807) is 11.8 Å². The van der Waals surface area contributed by atoms with E-state index in [1.165, 1.54) is 16.2 Å². The molecule has 18 heavy (non-hydrogen) atoms. The Bertz CT molecular complexity index is 578. The molecular weight excluding hydrogens is 284 g/mol. The first-order valence-electron chi connectivity index (χ1n) is 5.32. The Morgan fingerprint density at radius 3 is 2.83 bits per heavy atom. The van der Waals surface area contributed by atoms with Gasteiger partial charge in [-0.2, -0.15) is 0 Å². The largest absolute Gasteiger partial charge is 0.383 e. The fourth-order valence-electron chi connectivity index (χ4n) is 1.80. The van der Waals surface area contributed by atoms with Crippen molar-refractivity contribution in [1.29, 1.82) is 5.41 Å². The summed E-state index contributed by atoms with van der Waals surface area (Å²) in [4.78, 5) is 2.00. The number of thiophene rings is 1. The van der Waals surface area contributed by atoms with Crippen LogP contribution in [-0.4, -0.2) is 12.1 Å². The number of nitrogen functional groups attached to an aromatic ring is 1. The molecule has 0 aliphatic rings. The van der Waals surface area contributed by atoms with Crippen molar-refractivity contribution < 1.29 is 0 Å². The maximum atomic E-state index is 7.58. The van der Waals surface area contributed by atoms with Crippen LogP contribution in [0.1, 0.15) is 10.4 Å². The third kappa shape index (κ3) is 2.55. The molecule has 0 aliphatic heterocycles. The standard InChI is InChI=1S/C13H13ClN2S2/c1-17-11-3-2-8(6-9(11)7-14)10-4-5-18-12(10)13(15)16/h2-6H,7H2,1H3,(H3,15,16). The van der Waals surface area contributed by atoms with E-state index in [1.807, 2.05) is 17.7 Å². The van der Waals surface area contributed by atoms with E-state index in [9.17, 15) is 0 Å². The van der Waals surface area contributed by atoms with E-state index in [0.717, 1.165) is 21.6 Å². The molecule has 0 saturated carbocycles. The first-order chi connectivity index (χ1) is 8.67. The highest BCUT2D eigenvalue weighted by molar-refractivity contribution is 7.98. The second-order valence-corrected chi connectivity index (χ2v) is 5.77. The van der Waals surface area contributed by atoms with Gasteiger partial charge in [0.15, 0.2) is 0 Å². The van der Waals surface area contributed by atoms with Crippen LogP contribution in [0.5, 0.6) is 0 Å². The lowest BCUT2D eigenvalue weighted by molar-refractivity contribution is 1.26. The lowest BCUT2D eigenvalue weighted by Gasteiger charge is -2.08. The smallest absolute Gasteiger partial charge is 0.133 e. The zero-order valence-corrected chi connectivity index (χ0v) is 12.3. The van der Waals surface area contributed by atoms with Gasteiger partial charge in [0.25, 0.3) is 0 Å². The van der Waals surface area contributed by atoms with Crippen molar-refractivity contribution in [2.24, 2.45) is 5.73 Å². The molecule has 0 bridgehead atoms. The molecule has 0 saturated heterocycles. The van der Waals surface area contributed by atoms with E-state index >= 15 is 0 Å². The van der Waals surface area contributed by atoms with Crippen molar-refractivity contribution in [2.75, 3.05) is 6.26 Å². The Morgan fingerprint density at radius 1 is 1.44 bits per heavy atom. The van der Waals surface area contributed by atoms with Crippen LogP contribution in [0.15, 0.2) is 34.5 Å². The summed E-state index contributed by atoms with van der Waals surface area (Å²) in [6, 6.07) is 8.19. The van der Waals surface area contributed by atoms with Gasteiger partial charge in [0.05, 0.1) is 4.88 Å². The van der Waals surface area contributed by atoms with Crippen LogP contribution in [0.3, 0.4) is 0 Å². The Kier molecular flexibility index (Phi) is 4.32. The summed E-state index contributed by atoms with van der Waals surface area (Å²) in [6.07, 6.45) is 2.04. The van der Waals surface area contributed by atoms with E-state index in [-0.39, 0.29) is 5.84 Å². The molecule has 5 heteroatoms. The summed E-state index contributed by atoms with van der Waals surface area (Å²) >= 11 is 9.14. The van der Waals surface area contributed by atoms with Crippen molar-refractivity contribution in [3.63, 3.8) is 0 Å². The normalized spacial score (nSPS) is 10.6. The Balaban J connectivity index is 2.51. The number of thioether (sulfide) groups is 1. The quantitative estimate of drug-likeness (QED) is 0.385. The first kappa shape index (κ1) is 13.5. The molecule has 2 rings (SSSR count). The number of benzene rings is 1. The summed E-state index contributed by atoms with van der Waals surface area (Å²) in [6.45, 7) is 0. The summed E-state index contributed by atoms with van der Waals surface area (Å²) in [5, 5.41) is 9.53. The molecule has 0 amide bonds. The molecular formula is C13H13ClN2S2. The van der Waals surface area contributed by atoms with Crippen LogP contribution in [0, 0.1) is 5.41 Å². The van der Waals surface area contributed by atoms with E-state index in [2.05, 4.69) is 18.2 Å². The molecule has 0 unspecified atom stereocenters. The number of nitrogens with two attached hydrogens (primary N) is 1. The second kappa shape index (κ2) is 5.78. The van der Waals surface area contributed by atoms with Crippen LogP contribution >= 0.6 is 34.7 Å². The molecule has 0 aliphatic carbocycles. The zero-order chi connectivity index (χ0) is 13.1. The number of alkyl halides is 1. The lowest BCUT2D eigenvalue weighted by atomic mass is 10.0. The van der Waals surface area contributed by atoms with Gasteiger partial charge in [-0.1, -0.05) is 6.07 Å². The summed E-state index contributed by atoms with van der Waals surface area (Å²) in [5.41, 5.74) is 8.77. The van der Waals surface area contributed by atoms with Gasteiger partial charge in [-0.25, -0.2) is 0 Å². The van der Waals surface area contributed by atoms with Crippen molar-refractivity contribution in [1.82, 2.24) is 0 Å².